The molecule has 6 nitrogen and oxygen atoms in total. The Labute approximate surface area is 171 Å². The van der Waals surface area contributed by atoms with E-state index in [0.29, 0.717) is 23.6 Å². The molecule has 0 fully saturated rings. The van der Waals surface area contributed by atoms with E-state index in [1.165, 1.54) is 0 Å². The van der Waals surface area contributed by atoms with Gasteiger partial charge in [-0.25, -0.2) is 0 Å². The van der Waals surface area contributed by atoms with Crippen molar-refractivity contribution in [1.29, 1.82) is 0 Å². The molecule has 0 bridgehead atoms. The number of anilines is 1. The van der Waals surface area contributed by atoms with Crippen molar-refractivity contribution in [3.63, 3.8) is 0 Å². The van der Waals surface area contributed by atoms with Crippen LogP contribution in [0.15, 0.2) is 54.6 Å². The van der Waals surface area contributed by atoms with Crippen LogP contribution in [0.3, 0.4) is 0 Å². The highest BCUT2D eigenvalue weighted by atomic mass is 16.5. The molecule has 0 aromatic heterocycles. The molecule has 0 aliphatic rings. The molecule has 0 unspecified atom stereocenters. The Balaban J connectivity index is 1.94. The van der Waals surface area contributed by atoms with Crippen LogP contribution in [-0.2, 0) is 14.3 Å². The van der Waals surface area contributed by atoms with Crippen LogP contribution >= 0.6 is 0 Å². The van der Waals surface area contributed by atoms with E-state index in [-0.39, 0.29) is 25.0 Å². The summed E-state index contributed by atoms with van der Waals surface area (Å²) in [7, 11) is 0. The highest BCUT2D eigenvalue weighted by molar-refractivity contribution is 6.04. The Morgan fingerprint density at radius 2 is 1.59 bits per heavy atom. The molecular formula is C23H28N2O4. The number of ether oxygens (including phenoxy) is 1. The fourth-order valence-electron chi connectivity index (χ4n) is 2.70. The van der Waals surface area contributed by atoms with Crippen molar-refractivity contribution in [3.05, 3.63) is 65.7 Å². The van der Waals surface area contributed by atoms with E-state index in [1.807, 2.05) is 51.1 Å². The fourth-order valence-corrected chi connectivity index (χ4v) is 2.70. The minimum Gasteiger partial charge on any atom is -0.456 e. The summed E-state index contributed by atoms with van der Waals surface area (Å²) in [6.45, 7) is 5.54. The first kappa shape index (κ1) is 22.1. The molecule has 2 aromatic carbocycles. The van der Waals surface area contributed by atoms with Crippen LogP contribution in [0.1, 0.15) is 55.6 Å². The van der Waals surface area contributed by atoms with Gasteiger partial charge in [-0.15, -0.1) is 0 Å². The summed E-state index contributed by atoms with van der Waals surface area (Å²) in [5, 5.41) is 5.58. The predicted octanol–water partition coefficient (Wildman–Crippen LogP) is 4.10. The zero-order valence-electron chi connectivity index (χ0n) is 17.1. The number of amides is 2. The van der Waals surface area contributed by atoms with Gasteiger partial charge >= 0.3 is 5.97 Å². The summed E-state index contributed by atoms with van der Waals surface area (Å²) in [5.74, 6) is -0.804. The number of rotatable bonds is 9. The summed E-state index contributed by atoms with van der Waals surface area (Å²) in [4.78, 5) is 36.5. The van der Waals surface area contributed by atoms with Gasteiger partial charge in [0.05, 0.1) is 17.3 Å². The standard InChI is InChI=1S/C23H28N2O4/c1-16(2)13-14-22(27)29-15-21(26)25-20-12-8-7-11-19(20)23(28)24-17(3)18-9-5-4-6-10-18/h4-12,16-17H,13-15H2,1-3H3,(H,24,28)(H,25,26)/t17-/m0/s1. The number of esters is 1. The minimum absolute atomic E-state index is 0.186. The lowest BCUT2D eigenvalue weighted by Gasteiger charge is -2.16. The number of carbonyl (C=O) groups is 3. The average Bonchev–Trinajstić information content (AvgIpc) is 2.71. The lowest BCUT2D eigenvalue weighted by atomic mass is 10.1. The Morgan fingerprint density at radius 1 is 0.931 bits per heavy atom. The molecule has 2 aromatic rings. The predicted molar refractivity (Wildman–Crippen MR) is 112 cm³/mol. The van der Waals surface area contributed by atoms with Gasteiger partial charge in [0.1, 0.15) is 0 Å². The van der Waals surface area contributed by atoms with Crippen LogP contribution in [0, 0.1) is 5.92 Å². The van der Waals surface area contributed by atoms with Crippen molar-refractivity contribution in [1.82, 2.24) is 5.32 Å². The van der Waals surface area contributed by atoms with E-state index in [4.69, 9.17) is 4.74 Å². The monoisotopic (exact) mass is 396 g/mol. The summed E-state index contributed by atoms with van der Waals surface area (Å²) in [6.07, 6.45) is 0.990. The third-order valence-corrected chi connectivity index (χ3v) is 4.38. The number of carbonyl (C=O) groups excluding carboxylic acids is 3. The van der Waals surface area contributed by atoms with Crippen LogP contribution in [0.2, 0.25) is 0 Å². The molecular weight excluding hydrogens is 368 g/mol. The van der Waals surface area contributed by atoms with Crippen molar-refractivity contribution in [2.75, 3.05) is 11.9 Å². The largest absolute Gasteiger partial charge is 0.456 e. The number of nitrogens with one attached hydrogen (secondary N) is 2. The van der Waals surface area contributed by atoms with Crippen LogP contribution in [0.5, 0.6) is 0 Å². The van der Waals surface area contributed by atoms with Gasteiger partial charge < -0.3 is 15.4 Å². The first-order chi connectivity index (χ1) is 13.9. The molecule has 0 radical (unpaired) electrons. The molecule has 1 atom stereocenters. The number of hydrogen-bond acceptors (Lipinski definition) is 4. The highest BCUT2D eigenvalue weighted by Crippen LogP contribution is 2.18. The van der Waals surface area contributed by atoms with Crippen molar-refractivity contribution >= 4 is 23.5 Å². The van der Waals surface area contributed by atoms with Crippen molar-refractivity contribution in [3.8, 4) is 0 Å². The van der Waals surface area contributed by atoms with Crippen LogP contribution in [0.25, 0.3) is 0 Å². The van der Waals surface area contributed by atoms with Gasteiger partial charge in [0.15, 0.2) is 6.61 Å². The van der Waals surface area contributed by atoms with Crippen LogP contribution < -0.4 is 10.6 Å². The molecule has 0 saturated heterocycles. The average molecular weight is 396 g/mol. The Bertz CT molecular complexity index is 834. The minimum atomic E-state index is -0.487. The molecule has 0 heterocycles. The quantitative estimate of drug-likeness (QED) is 0.625. The van der Waals surface area contributed by atoms with Crippen LogP contribution in [-0.4, -0.2) is 24.4 Å². The van der Waals surface area contributed by atoms with Gasteiger partial charge in [-0.2, -0.15) is 0 Å². The maximum atomic E-state index is 12.7. The Hall–Kier alpha value is -3.15. The molecule has 2 rings (SSSR count). The molecule has 29 heavy (non-hydrogen) atoms. The second-order valence-corrected chi connectivity index (χ2v) is 7.29. The first-order valence-corrected chi connectivity index (χ1v) is 9.77. The van der Waals surface area contributed by atoms with E-state index < -0.39 is 11.9 Å². The van der Waals surface area contributed by atoms with E-state index in [0.717, 1.165) is 5.56 Å². The molecule has 0 saturated carbocycles. The molecule has 0 aliphatic carbocycles. The van der Waals surface area contributed by atoms with E-state index in [9.17, 15) is 14.4 Å². The van der Waals surface area contributed by atoms with Crippen molar-refractivity contribution < 1.29 is 19.1 Å². The molecule has 154 valence electrons. The highest BCUT2D eigenvalue weighted by Gasteiger charge is 2.16. The summed E-state index contributed by atoms with van der Waals surface area (Å²) < 4.78 is 5.00. The van der Waals surface area contributed by atoms with E-state index >= 15 is 0 Å². The maximum absolute atomic E-state index is 12.7. The third-order valence-electron chi connectivity index (χ3n) is 4.38. The third kappa shape index (κ3) is 7.41. The number of para-hydroxylation sites is 1. The molecule has 2 N–H and O–H groups in total. The molecule has 6 heteroatoms. The van der Waals surface area contributed by atoms with E-state index in [2.05, 4.69) is 10.6 Å². The second-order valence-electron chi connectivity index (χ2n) is 7.29. The zero-order valence-corrected chi connectivity index (χ0v) is 17.1. The van der Waals surface area contributed by atoms with Gasteiger partial charge in [-0.3, -0.25) is 14.4 Å². The van der Waals surface area contributed by atoms with E-state index in [1.54, 1.807) is 24.3 Å². The SMILES string of the molecule is CC(C)CCC(=O)OCC(=O)Nc1ccccc1C(=O)N[C@@H](C)c1ccccc1. The van der Waals surface area contributed by atoms with Crippen molar-refractivity contribution in [2.24, 2.45) is 5.92 Å². The lowest BCUT2D eigenvalue weighted by molar-refractivity contribution is -0.147. The Morgan fingerprint density at radius 3 is 2.28 bits per heavy atom. The topological polar surface area (TPSA) is 84.5 Å². The number of benzene rings is 2. The normalized spacial score (nSPS) is 11.6. The smallest absolute Gasteiger partial charge is 0.306 e. The Kier molecular flexibility index (Phi) is 8.40. The maximum Gasteiger partial charge on any atom is 0.306 e. The lowest BCUT2D eigenvalue weighted by Crippen LogP contribution is -2.28. The fraction of sp³-hybridized carbons (Fsp3) is 0.348. The van der Waals surface area contributed by atoms with Crippen molar-refractivity contribution in [2.45, 2.75) is 39.7 Å². The molecule has 0 spiro atoms. The summed E-state index contributed by atoms with van der Waals surface area (Å²) in [6, 6.07) is 16.2. The molecule has 2 amide bonds. The van der Waals surface area contributed by atoms with Gasteiger partial charge in [0.25, 0.3) is 11.8 Å². The second kappa shape index (κ2) is 11.0. The zero-order chi connectivity index (χ0) is 21.2. The summed E-state index contributed by atoms with van der Waals surface area (Å²) >= 11 is 0. The van der Waals surface area contributed by atoms with Gasteiger partial charge in [-0.1, -0.05) is 56.3 Å². The van der Waals surface area contributed by atoms with Gasteiger partial charge in [0, 0.05) is 6.42 Å². The number of hydrogen-bond donors (Lipinski definition) is 2. The first-order valence-electron chi connectivity index (χ1n) is 9.77. The van der Waals surface area contributed by atoms with Crippen LogP contribution in [0.4, 0.5) is 5.69 Å². The summed E-state index contributed by atoms with van der Waals surface area (Å²) in [5.41, 5.74) is 1.69. The van der Waals surface area contributed by atoms with Gasteiger partial charge in [0.2, 0.25) is 0 Å². The molecule has 0 aliphatic heterocycles. The van der Waals surface area contributed by atoms with Gasteiger partial charge in [-0.05, 0) is 37.0 Å².